The summed E-state index contributed by atoms with van der Waals surface area (Å²) in [7, 11) is 0. The van der Waals surface area contributed by atoms with Crippen LogP contribution in [0.5, 0.6) is 0 Å². The number of nitrogens with one attached hydrogen (secondary N) is 2. The Labute approximate surface area is 366 Å². The molecule has 2 unspecified atom stereocenters. The van der Waals surface area contributed by atoms with Gasteiger partial charge in [0.1, 0.15) is 12.1 Å². The van der Waals surface area contributed by atoms with E-state index >= 15 is 0 Å². The van der Waals surface area contributed by atoms with Gasteiger partial charge < -0.3 is 0 Å². The smallest absolute Gasteiger partial charge is 0.100 e. The van der Waals surface area contributed by atoms with Gasteiger partial charge in [-0.2, -0.15) is 0 Å². The molecule has 6 heteroatoms. The van der Waals surface area contributed by atoms with Gasteiger partial charge >= 0.3 is 0 Å². The van der Waals surface area contributed by atoms with Crippen molar-refractivity contribution in [2.45, 2.75) is 17.5 Å². The van der Waals surface area contributed by atoms with Crippen molar-refractivity contribution in [3.8, 4) is 11.1 Å². The third-order valence-electron chi connectivity index (χ3n) is 12.4. The molecule has 0 fully saturated rings. The van der Waals surface area contributed by atoms with Crippen LogP contribution in [-0.4, -0.2) is 0 Å². The van der Waals surface area contributed by atoms with Crippen LogP contribution in [-0.2, 0) is 5.41 Å². The Morgan fingerprint density at radius 3 is 1.07 bits per heavy atom. The molecule has 2 aliphatic heterocycles. The summed E-state index contributed by atoms with van der Waals surface area (Å²) in [4.78, 5) is 0. The van der Waals surface area contributed by atoms with Gasteiger partial charge in [-0.25, -0.2) is 0 Å². The molecule has 3 aliphatic rings. The van der Waals surface area contributed by atoms with E-state index in [1.54, 1.807) is 0 Å². The number of rotatable bonds is 8. The minimum absolute atomic E-state index is 0.310. The number of para-hydroxylation sites is 2. The molecule has 2 atom stereocenters. The van der Waals surface area contributed by atoms with E-state index in [1.165, 1.54) is 33.4 Å². The van der Waals surface area contributed by atoms with Crippen LogP contribution in [0.2, 0.25) is 10.0 Å². The second-order valence-corrected chi connectivity index (χ2v) is 16.6. The number of nitrogens with zero attached hydrogens (tertiary/aromatic N) is 2. The fourth-order valence-electron chi connectivity index (χ4n) is 9.94. The Balaban J connectivity index is 1.35. The summed E-state index contributed by atoms with van der Waals surface area (Å²) in [6.07, 6.45) is 0. The van der Waals surface area contributed by atoms with Gasteiger partial charge in [0.2, 0.25) is 0 Å². The number of fused-ring (bicyclic) bond motifs is 3. The second kappa shape index (κ2) is 15.2. The summed E-state index contributed by atoms with van der Waals surface area (Å²) in [6, 6.07) is 77.2. The van der Waals surface area contributed by atoms with Crippen LogP contribution >= 0.6 is 23.2 Å². The van der Waals surface area contributed by atoms with E-state index in [1.807, 2.05) is 24.3 Å². The van der Waals surface area contributed by atoms with Crippen molar-refractivity contribution in [1.82, 2.24) is 10.9 Å². The average Bonchev–Trinajstić information content (AvgIpc) is 4.01. The van der Waals surface area contributed by atoms with Crippen molar-refractivity contribution < 1.29 is 0 Å². The van der Waals surface area contributed by atoms with Crippen LogP contribution in [0.1, 0.15) is 45.5 Å². The molecule has 0 saturated carbocycles. The van der Waals surface area contributed by atoms with Gasteiger partial charge in [0.15, 0.2) is 0 Å². The molecule has 8 aromatic rings. The highest BCUT2D eigenvalue weighted by atomic mass is 35.5. The summed E-state index contributed by atoms with van der Waals surface area (Å²) < 4.78 is 0. The molecular weight excluding hydrogens is 788 g/mol. The Bertz CT molecular complexity index is 2730. The van der Waals surface area contributed by atoms with E-state index in [2.05, 4.69) is 215 Å². The monoisotopic (exact) mass is 826 g/mol. The summed E-state index contributed by atoms with van der Waals surface area (Å²) >= 11 is 13.4. The minimum atomic E-state index is -0.884. The SMILES string of the molecule is Clc1ccc(C2C(C3(C4=C(c5ccccc5)NN(c5ccccc5)C4c4ccc(Cl)cc4)c4ccccc4-c4ccccc43)=C(c3ccccc3)NN2c2ccccc2)cc1. The molecule has 294 valence electrons. The lowest BCUT2D eigenvalue weighted by Crippen LogP contribution is -2.41. The number of hydrogen-bond acceptors (Lipinski definition) is 4. The van der Waals surface area contributed by atoms with Gasteiger partial charge in [-0.3, -0.25) is 20.9 Å². The first kappa shape index (κ1) is 37.1. The minimum Gasteiger partial charge on any atom is -0.297 e. The van der Waals surface area contributed by atoms with E-state index in [-0.39, 0.29) is 12.1 Å². The predicted octanol–water partition coefficient (Wildman–Crippen LogP) is 13.6. The van der Waals surface area contributed by atoms with Crippen molar-refractivity contribution in [3.63, 3.8) is 0 Å². The van der Waals surface area contributed by atoms with Gasteiger partial charge in [-0.15, -0.1) is 0 Å². The third-order valence-corrected chi connectivity index (χ3v) is 12.9. The predicted molar refractivity (Wildman–Crippen MR) is 252 cm³/mol. The van der Waals surface area contributed by atoms with Crippen LogP contribution < -0.4 is 20.9 Å². The van der Waals surface area contributed by atoms with Crippen LogP contribution in [0.25, 0.3) is 22.5 Å². The highest BCUT2D eigenvalue weighted by molar-refractivity contribution is 6.30. The van der Waals surface area contributed by atoms with Crippen molar-refractivity contribution >= 4 is 46.0 Å². The van der Waals surface area contributed by atoms with E-state index in [4.69, 9.17) is 23.2 Å². The first-order valence-corrected chi connectivity index (χ1v) is 21.4. The number of benzene rings is 8. The van der Waals surface area contributed by atoms with Crippen molar-refractivity contribution in [1.29, 1.82) is 0 Å². The maximum absolute atomic E-state index is 6.71. The van der Waals surface area contributed by atoms with Gasteiger partial charge in [0.25, 0.3) is 0 Å². The van der Waals surface area contributed by atoms with E-state index < -0.39 is 5.41 Å². The van der Waals surface area contributed by atoms with E-state index in [0.717, 1.165) is 45.0 Å². The van der Waals surface area contributed by atoms with Gasteiger partial charge in [0.05, 0.1) is 28.2 Å². The first-order chi connectivity index (χ1) is 30.1. The Morgan fingerprint density at radius 1 is 0.361 bits per heavy atom. The molecule has 0 bridgehead atoms. The quantitative estimate of drug-likeness (QED) is 0.160. The molecule has 0 spiro atoms. The average molecular weight is 828 g/mol. The lowest BCUT2D eigenvalue weighted by Gasteiger charge is -2.43. The molecule has 2 heterocycles. The maximum atomic E-state index is 6.71. The first-order valence-electron chi connectivity index (χ1n) is 20.6. The molecule has 0 aromatic heterocycles. The molecule has 8 aromatic carbocycles. The van der Waals surface area contributed by atoms with E-state index in [0.29, 0.717) is 10.0 Å². The van der Waals surface area contributed by atoms with E-state index in [9.17, 15) is 0 Å². The fourth-order valence-corrected chi connectivity index (χ4v) is 10.2. The second-order valence-electron chi connectivity index (χ2n) is 15.7. The number of hydrazine groups is 2. The van der Waals surface area contributed by atoms with Crippen LogP contribution in [0, 0.1) is 0 Å². The summed E-state index contributed by atoms with van der Waals surface area (Å²) in [6.45, 7) is 0. The maximum Gasteiger partial charge on any atom is 0.100 e. The Hall–Kier alpha value is -6.98. The molecule has 0 amide bonds. The summed E-state index contributed by atoms with van der Waals surface area (Å²) in [5.41, 5.74) is 23.1. The molecule has 1 aliphatic carbocycles. The largest absolute Gasteiger partial charge is 0.297 e. The Kier molecular flexibility index (Phi) is 9.26. The standard InChI is InChI=1S/C55H40Cl2N4/c56-41-33-29-39(30-34-41)53-49(51(37-17-5-1-6-18-37)58-60(53)43-21-9-3-10-22-43)55(47-27-15-13-25-45(47)46-26-14-16-28-48(46)55)50-52(38-19-7-2-8-20-38)59-61(44-23-11-4-12-24-44)54(50)40-31-35-42(57)36-32-40/h1-36,53-54,58-59H. The number of anilines is 2. The molecule has 2 N–H and O–H groups in total. The molecule has 11 rings (SSSR count). The number of halogens is 2. The van der Waals surface area contributed by atoms with Crippen molar-refractivity contribution in [3.05, 3.63) is 273 Å². The topological polar surface area (TPSA) is 30.5 Å². The Morgan fingerprint density at radius 2 is 0.689 bits per heavy atom. The molecule has 0 radical (unpaired) electrons. The summed E-state index contributed by atoms with van der Waals surface area (Å²) in [5, 5.41) is 6.08. The van der Waals surface area contributed by atoms with Gasteiger partial charge in [0, 0.05) is 21.2 Å². The highest BCUT2D eigenvalue weighted by Crippen LogP contribution is 2.66. The van der Waals surface area contributed by atoms with Gasteiger partial charge in [-0.1, -0.05) is 193 Å². The van der Waals surface area contributed by atoms with Crippen LogP contribution in [0.3, 0.4) is 0 Å². The number of hydrogen-bond donors (Lipinski definition) is 2. The van der Waals surface area contributed by atoms with Crippen molar-refractivity contribution in [2.24, 2.45) is 0 Å². The fraction of sp³-hybridized carbons (Fsp3) is 0.0545. The van der Waals surface area contributed by atoms with Crippen molar-refractivity contribution in [2.75, 3.05) is 10.0 Å². The zero-order valence-corrected chi connectivity index (χ0v) is 34.6. The lowest BCUT2D eigenvalue weighted by atomic mass is 9.60. The highest BCUT2D eigenvalue weighted by Gasteiger charge is 2.59. The lowest BCUT2D eigenvalue weighted by molar-refractivity contribution is 0.582. The van der Waals surface area contributed by atoms with Gasteiger partial charge in [-0.05, 0) is 93.0 Å². The van der Waals surface area contributed by atoms with Crippen LogP contribution in [0.15, 0.2) is 230 Å². The summed E-state index contributed by atoms with van der Waals surface area (Å²) in [5.74, 6) is 0. The zero-order valence-electron chi connectivity index (χ0n) is 33.1. The zero-order chi connectivity index (χ0) is 40.9. The van der Waals surface area contributed by atoms with Crippen LogP contribution in [0.4, 0.5) is 11.4 Å². The molecule has 61 heavy (non-hydrogen) atoms. The normalized spacial score (nSPS) is 17.5. The third kappa shape index (κ3) is 6.05. The molecule has 0 saturated heterocycles. The molecule has 4 nitrogen and oxygen atoms in total. The molecular formula is C55H40Cl2N4.